The molecular formula is C9H8F3N3S. The molecule has 2 heterocycles. The molecule has 0 bridgehead atoms. The summed E-state index contributed by atoms with van der Waals surface area (Å²) in [6, 6.07) is 3.53. The monoisotopic (exact) mass is 247 g/mol. The lowest BCUT2D eigenvalue weighted by atomic mass is 10.4. The molecule has 7 heteroatoms. The molecule has 0 aliphatic rings. The van der Waals surface area contributed by atoms with Gasteiger partial charge in [-0.25, -0.2) is 9.97 Å². The first-order valence-corrected chi connectivity index (χ1v) is 5.34. The third-order valence-corrected chi connectivity index (χ3v) is 2.79. The number of nitrogens with zero attached hydrogens (tertiary/aromatic N) is 2. The van der Waals surface area contributed by atoms with Crippen molar-refractivity contribution < 1.29 is 13.2 Å². The number of hydrogen-bond acceptors (Lipinski definition) is 4. The fourth-order valence-electron chi connectivity index (χ4n) is 1.20. The van der Waals surface area contributed by atoms with Crippen molar-refractivity contribution in [3.8, 4) is 0 Å². The Morgan fingerprint density at radius 3 is 2.88 bits per heavy atom. The summed E-state index contributed by atoms with van der Waals surface area (Å²) in [6.07, 6.45) is -2.55. The Labute approximate surface area is 93.3 Å². The number of hydrogen-bond donors (Lipinski definition) is 1. The van der Waals surface area contributed by atoms with E-state index in [1.54, 1.807) is 18.3 Å². The summed E-state index contributed by atoms with van der Waals surface area (Å²) < 4.78 is 35.6. The lowest BCUT2D eigenvalue weighted by Gasteiger charge is -2.05. The lowest BCUT2D eigenvalue weighted by Crippen LogP contribution is -2.28. The van der Waals surface area contributed by atoms with Gasteiger partial charge in [-0.05, 0) is 12.1 Å². The molecule has 0 aliphatic carbocycles. The lowest BCUT2D eigenvalue weighted by molar-refractivity contribution is -0.125. The number of halogens is 3. The zero-order chi connectivity index (χ0) is 11.6. The van der Waals surface area contributed by atoms with E-state index in [4.69, 9.17) is 0 Å². The van der Waals surface area contributed by atoms with Crippen LogP contribution in [0.4, 0.5) is 13.2 Å². The van der Waals surface area contributed by atoms with Gasteiger partial charge in [-0.2, -0.15) is 13.2 Å². The molecular weight excluding hydrogens is 239 g/mol. The van der Waals surface area contributed by atoms with Gasteiger partial charge < -0.3 is 5.32 Å². The molecule has 1 N–H and O–H groups in total. The van der Waals surface area contributed by atoms with Gasteiger partial charge in [-0.15, -0.1) is 0 Å². The van der Waals surface area contributed by atoms with E-state index in [0.717, 1.165) is 10.3 Å². The van der Waals surface area contributed by atoms with Gasteiger partial charge in [0, 0.05) is 12.7 Å². The van der Waals surface area contributed by atoms with Crippen molar-refractivity contribution >= 4 is 21.7 Å². The molecule has 2 aromatic rings. The molecule has 0 unspecified atom stereocenters. The van der Waals surface area contributed by atoms with E-state index in [9.17, 15) is 13.2 Å². The summed E-state index contributed by atoms with van der Waals surface area (Å²) in [6.45, 7) is -0.892. The molecule has 0 amide bonds. The van der Waals surface area contributed by atoms with Crippen molar-refractivity contribution in [3.05, 3.63) is 23.3 Å². The highest BCUT2D eigenvalue weighted by molar-refractivity contribution is 7.18. The number of alkyl halides is 3. The minimum Gasteiger partial charge on any atom is -0.302 e. The van der Waals surface area contributed by atoms with Gasteiger partial charge in [-0.1, -0.05) is 11.3 Å². The summed E-state index contributed by atoms with van der Waals surface area (Å²) >= 11 is 1.30. The fraction of sp³-hybridized carbons (Fsp3) is 0.333. The molecule has 16 heavy (non-hydrogen) atoms. The number of fused-ring (bicyclic) bond motifs is 1. The Morgan fingerprint density at radius 2 is 2.19 bits per heavy atom. The van der Waals surface area contributed by atoms with E-state index in [1.807, 2.05) is 0 Å². The van der Waals surface area contributed by atoms with Crippen molar-refractivity contribution in [1.29, 1.82) is 0 Å². The van der Waals surface area contributed by atoms with Crippen molar-refractivity contribution in [3.63, 3.8) is 0 Å². The van der Waals surface area contributed by atoms with Gasteiger partial charge in [0.1, 0.15) is 15.4 Å². The van der Waals surface area contributed by atoms with E-state index in [1.165, 1.54) is 11.3 Å². The maximum Gasteiger partial charge on any atom is 0.401 e. The highest BCUT2D eigenvalue weighted by Crippen LogP contribution is 2.19. The van der Waals surface area contributed by atoms with E-state index in [0.29, 0.717) is 5.01 Å². The number of aromatic nitrogens is 2. The van der Waals surface area contributed by atoms with Gasteiger partial charge in [0.15, 0.2) is 0 Å². The molecule has 3 nitrogen and oxygen atoms in total. The summed E-state index contributed by atoms with van der Waals surface area (Å²) in [5, 5.41) is 2.91. The quantitative estimate of drug-likeness (QED) is 0.904. The van der Waals surface area contributed by atoms with Crippen LogP contribution in [0.3, 0.4) is 0 Å². The van der Waals surface area contributed by atoms with Crippen molar-refractivity contribution in [2.75, 3.05) is 6.54 Å². The molecule has 0 aromatic carbocycles. The van der Waals surface area contributed by atoms with E-state index < -0.39 is 12.7 Å². The van der Waals surface area contributed by atoms with Crippen LogP contribution in [0.1, 0.15) is 5.01 Å². The Hall–Kier alpha value is -1.21. The summed E-state index contributed by atoms with van der Waals surface area (Å²) in [5.74, 6) is 0. The van der Waals surface area contributed by atoms with Crippen LogP contribution in [0.5, 0.6) is 0 Å². The number of nitrogens with one attached hydrogen (secondary N) is 1. The highest BCUT2D eigenvalue weighted by Gasteiger charge is 2.26. The summed E-state index contributed by atoms with van der Waals surface area (Å²) in [4.78, 5) is 8.97. The zero-order valence-corrected chi connectivity index (χ0v) is 8.90. The molecule has 86 valence electrons. The second-order valence-corrected chi connectivity index (χ2v) is 4.22. The van der Waals surface area contributed by atoms with Gasteiger partial charge in [0.25, 0.3) is 0 Å². The normalized spacial score (nSPS) is 12.2. The van der Waals surface area contributed by atoms with Crippen LogP contribution in [-0.4, -0.2) is 22.7 Å². The molecule has 0 spiro atoms. The van der Waals surface area contributed by atoms with Crippen molar-refractivity contribution in [2.45, 2.75) is 12.7 Å². The maximum absolute atomic E-state index is 11.9. The largest absolute Gasteiger partial charge is 0.401 e. The zero-order valence-electron chi connectivity index (χ0n) is 8.08. The minimum absolute atomic E-state index is 0.112. The average molecular weight is 247 g/mol. The molecule has 2 aromatic heterocycles. The molecule has 2 rings (SSSR count). The van der Waals surface area contributed by atoms with Crippen LogP contribution in [0.15, 0.2) is 18.3 Å². The van der Waals surface area contributed by atoms with Crippen LogP contribution < -0.4 is 5.32 Å². The molecule has 0 fully saturated rings. The fourth-order valence-corrected chi connectivity index (χ4v) is 2.07. The van der Waals surface area contributed by atoms with Crippen LogP contribution in [0.25, 0.3) is 10.3 Å². The Bertz CT molecular complexity index is 447. The van der Waals surface area contributed by atoms with Gasteiger partial charge in [0.05, 0.1) is 6.54 Å². The molecule has 0 saturated carbocycles. The first-order chi connectivity index (χ1) is 7.54. The first-order valence-electron chi connectivity index (χ1n) is 4.52. The number of pyridine rings is 1. The van der Waals surface area contributed by atoms with Crippen LogP contribution in [0, 0.1) is 0 Å². The van der Waals surface area contributed by atoms with Crippen LogP contribution >= 0.6 is 11.3 Å². The van der Waals surface area contributed by atoms with Crippen molar-refractivity contribution in [2.24, 2.45) is 0 Å². The number of rotatable bonds is 3. The van der Waals surface area contributed by atoms with E-state index >= 15 is 0 Å². The molecule has 0 atom stereocenters. The number of thiazole rings is 1. The SMILES string of the molecule is FC(F)(F)CNCc1nc2cccnc2s1. The topological polar surface area (TPSA) is 37.8 Å². The third-order valence-electron chi connectivity index (χ3n) is 1.81. The second kappa shape index (κ2) is 4.34. The summed E-state index contributed by atoms with van der Waals surface area (Å²) in [7, 11) is 0. The molecule has 0 saturated heterocycles. The molecule has 0 aliphatic heterocycles. The second-order valence-electron chi connectivity index (χ2n) is 3.15. The average Bonchev–Trinajstić information content (AvgIpc) is 2.57. The van der Waals surface area contributed by atoms with Gasteiger partial charge >= 0.3 is 6.18 Å². The first kappa shape index (κ1) is 11.3. The minimum atomic E-state index is -4.19. The van der Waals surface area contributed by atoms with E-state index in [2.05, 4.69) is 15.3 Å². The predicted octanol–water partition coefficient (Wildman–Crippen LogP) is 2.34. The Kier molecular flexibility index (Phi) is 3.06. The standard InChI is InChI=1S/C9H8F3N3S/c10-9(11,12)5-13-4-7-15-6-2-1-3-14-8(6)16-7/h1-3,13H,4-5H2. The highest BCUT2D eigenvalue weighted by atomic mass is 32.1. The maximum atomic E-state index is 11.9. The Balaban J connectivity index is 2.00. The third kappa shape index (κ3) is 2.89. The molecule has 0 radical (unpaired) electrons. The van der Waals surface area contributed by atoms with Crippen LogP contribution in [-0.2, 0) is 6.54 Å². The van der Waals surface area contributed by atoms with Gasteiger partial charge in [-0.3, -0.25) is 0 Å². The van der Waals surface area contributed by atoms with Crippen LogP contribution in [0.2, 0.25) is 0 Å². The Morgan fingerprint density at radius 1 is 1.38 bits per heavy atom. The smallest absolute Gasteiger partial charge is 0.302 e. The van der Waals surface area contributed by atoms with Gasteiger partial charge in [0.2, 0.25) is 0 Å². The predicted molar refractivity (Wildman–Crippen MR) is 55.2 cm³/mol. The summed E-state index contributed by atoms with van der Waals surface area (Å²) in [5.41, 5.74) is 0.719. The van der Waals surface area contributed by atoms with E-state index in [-0.39, 0.29) is 6.54 Å². The van der Waals surface area contributed by atoms with Crippen molar-refractivity contribution in [1.82, 2.24) is 15.3 Å².